The first-order chi connectivity index (χ1) is 13.8. The lowest BCUT2D eigenvalue weighted by atomic mass is 10.2. The van der Waals surface area contributed by atoms with Gasteiger partial charge in [-0.05, 0) is 55.3 Å². The summed E-state index contributed by atoms with van der Waals surface area (Å²) >= 11 is 11.6. The molecule has 1 fully saturated rings. The maximum atomic E-state index is 12.2. The smallest absolute Gasteiger partial charge is 0.251 e. The molecule has 2 amide bonds. The fourth-order valence-electron chi connectivity index (χ4n) is 2.49. The van der Waals surface area contributed by atoms with Crippen LogP contribution >= 0.6 is 23.2 Å². The molecule has 0 heterocycles. The Labute approximate surface area is 178 Å². The second-order valence-corrected chi connectivity index (χ2v) is 9.15. The lowest BCUT2D eigenvalue weighted by Crippen LogP contribution is -2.34. The Balaban J connectivity index is 1.46. The van der Waals surface area contributed by atoms with E-state index in [1.54, 1.807) is 24.3 Å². The van der Waals surface area contributed by atoms with Gasteiger partial charge in [0.15, 0.2) is 0 Å². The number of benzene rings is 2. The molecule has 0 atom stereocenters. The number of carbonyl (C=O) groups is 2. The summed E-state index contributed by atoms with van der Waals surface area (Å²) < 4.78 is 26.8. The molecule has 29 heavy (non-hydrogen) atoms. The Morgan fingerprint density at radius 3 is 2.28 bits per heavy atom. The highest BCUT2D eigenvalue weighted by Gasteiger charge is 2.29. The number of sulfonamides is 1. The molecule has 2 aromatic rings. The molecule has 3 rings (SSSR count). The molecule has 0 bridgehead atoms. The average molecular weight is 456 g/mol. The second kappa shape index (κ2) is 9.13. The van der Waals surface area contributed by atoms with Crippen molar-refractivity contribution in [1.82, 2.24) is 10.0 Å². The van der Waals surface area contributed by atoms with E-state index < -0.39 is 10.0 Å². The van der Waals surface area contributed by atoms with Crippen LogP contribution in [0.3, 0.4) is 0 Å². The minimum Gasteiger partial charge on any atom is -0.351 e. The Kier molecular flexibility index (Phi) is 6.79. The van der Waals surface area contributed by atoms with Gasteiger partial charge in [0.1, 0.15) is 0 Å². The number of amides is 2. The van der Waals surface area contributed by atoms with Crippen molar-refractivity contribution in [2.24, 2.45) is 5.92 Å². The number of anilines is 1. The summed E-state index contributed by atoms with van der Waals surface area (Å²) in [5, 5.41) is 5.83. The monoisotopic (exact) mass is 455 g/mol. The molecule has 0 spiro atoms. The summed E-state index contributed by atoms with van der Waals surface area (Å²) in [5.74, 6) is -0.249. The van der Waals surface area contributed by atoms with Crippen molar-refractivity contribution in [2.45, 2.75) is 17.7 Å². The van der Waals surface area contributed by atoms with Gasteiger partial charge in [0.05, 0.1) is 14.9 Å². The normalized spacial score (nSPS) is 13.7. The third kappa shape index (κ3) is 5.93. The molecule has 1 aliphatic carbocycles. The van der Waals surface area contributed by atoms with Crippen molar-refractivity contribution in [3.05, 3.63) is 58.1 Å². The number of carbonyl (C=O) groups excluding carboxylic acids is 2. The van der Waals surface area contributed by atoms with Gasteiger partial charge in [-0.15, -0.1) is 0 Å². The fourth-order valence-corrected chi connectivity index (χ4v) is 3.91. The van der Waals surface area contributed by atoms with E-state index in [1.165, 1.54) is 18.2 Å². The maximum absolute atomic E-state index is 12.2. The molecule has 7 nitrogen and oxygen atoms in total. The van der Waals surface area contributed by atoms with Crippen molar-refractivity contribution in [2.75, 3.05) is 18.4 Å². The number of nitrogens with one attached hydrogen (secondary N) is 3. The Morgan fingerprint density at radius 2 is 1.66 bits per heavy atom. The van der Waals surface area contributed by atoms with Crippen LogP contribution in [0.25, 0.3) is 0 Å². The maximum Gasteiger partial charge on any atom is 0.251 e. The summed E-state index contributed by atoms with van der Waals surface area (Å²) in [6, 6.07) is 10.5. The van der Waals surface area contributed by atoms with E-state index in [0.717, 1.165) is 12.8 Å². The molecule has 3 N–H and O–H groups in total. The molecule has 0 saturated heterocycles. The first kappa shape index (κ1) is 21.6. The van der Waals surface area contributed by atoms with E-state index in [-0.39, 0.29) is 45.8 Å². The van der Waals surface area contributed by atoms with E-state index in [9.17, 15) is 18.0 Å². The van der Waals surface area contributed by atoms with Crippen LogP contribution in [-0.2, 0) is 14.8 Å². The Bertz CT molecular complexity index is 1020. The summed E-state index contributed by atoms with van der Waals surface area (Å²) in [6.45, 7) is 0.101. The number of halogens is 2. The van der Waals surface area contributed by atoms with Crippen LogP contribution in [0.2, 0.25) is 10.0 Å². The molecule has 1 saturated carbocycles. The molecule has 0 radical (unpaired) electrons. The van der Waals surface area contributed by atoms with Gasteiger partial charge in [-0.1, -0.05) is 23.2 Å². The van der Waals surface area contributed by atoms with Crippen molar-refractivity contribution in [3.8, 4) is 0 Å². The van der Waals surface area contributed by atoms with Crippen LogP contribution in [0.4, 0.5) is 5.69 Å². The summed E-state index contributed by atoms with van der Waals surface area (Å²) in [4.78, 5) is 23.9. The number of hydrogen-bond donors (Lipinski definition) is 3. The summed E-state index contributed by atoms with van der Waals surface area (Å²) in [5.41, 5.74) is 1.04. The van der Waals surface area contributed by atoms with Gasteiger partial charge in [-0.2, -0.15) is 0 Å². The topological polar surface area (TPSA) is 104 Å². The fraction of sp³-hybridized carbons (Fsp3) is 0.263. The lowest BCUT2D eigenvalue weighted by molar-refractivity contribution is -0.117. The lowest BCUT2D eigenvalue weighted by Gasteiger charge is -2.09. The zero-order chi connectivity index (χ0) is 21.0. The van der Waals surface area contributed by atoms with Gasteiger partial charge >= 0.3 is 0 Å². The van der Waals surface area contributed by atoms with Gasteiger partial charge in [-0.25, -0.2) is 13.1 Å². The van der Waals surface area contributed by atoms with Gasteiger partial charge < -0.3 is 10.6 Å². The van der Waals surface area contributed by atoms with E-state index in [4.69, 9.17) is 23.2 Å². The number of rotatable bonds is 8. The second-order valence-electron chi connectivity index (χ2n) is 6.57. The highest BCUT2D eigenvalue weighted by molar-refractivity contribution is 7.89. The van der Waals surface area contributed by atoms with E-state index >= 15 is 0 Å². The molecule has 0 aliphatic heterocycles. The molecule has 0 unspecified atom stereocenters. The highest BCUT2D eigenvalue weighted by Crippen LogP contribution is 2.30. The average Bonchev–Trinajstić information content (AvgIpc) is 3.53. The first-order valence-electron chi connectivity index (χ1n) is 8.90. The Hall–Kier alpha value is -2.13. The van der Waals surface area contributed by atoms with Crippen molar-refractivity contribution in [3.63, 3.8) is 0 Å². The molecule has 1 aliphatic rings. The summed E-state index contributed by atoms with van der Waals surface area (Å²) in [6.07, 6.45) is 1.84. The molecule has 2 aromatic carbocycles. The van der Waals surface area contributed by atoms with Crippen LogP contribution in [0.1, 0.15) is 23.2 Å². The van der Waals surface area contributed by atoms with Gasteiger partial charge in [0.25, 0.3) is 5.91 Å². The van der Waals surface area contributed by atoms with Crippen molar-refractivity contribution >= 4 is 50.7 Å². The van der Waals surface area contributed by atoms with Crippen LogP contribution in [0, 0.1) is 5.92 Å². The van der Waals surface area contributed by atoms with E-state index in [1.807, 2.05) is 0 Å². The van der Waals surface area contributed by atoms with Gasteiger partial charge in [0.2, 0.25) is 15.9 Å². The van der Waals surface area contributed by atoms with E-state index in [2.05, 4.69) is 15.4 Å². The summed E-state index contributed by atoms with van der Waals surface area (Å²) in [7, 11) is -3.77. The minimum absolute atomic E-state index is 0.00328. The zero-order valence-corrected chi connectivity index (χ0v) is 17.6. The largest absolute Gasteiger partial charge is 0.351 e. The van der Waals surface area contributed by atoms with Crippen LogP contribution in [0.15, 0.2) is 47.4 Å². The van der Waals surface area contributed by atoms with Crippen LogP contribution < -0.4 is 15.4 Å². The molecular weight excluding hydrogens is 437 g/mol. The van der Waals surface area contributed by atoms with E-state index in [0.29, 0.717) is 11.3 Å². The van der Waals surface area contributed by atoms with Gasteiger partial charge in [0, 0.05) is 30.3 Å². The van der Waals surface area contributed by atoms with Crippen molar-refractivity contribution in [1.29, 1.82) is 0 Å². The first-order valence-corrected chi connectivity index (χ1v) is 11.1. The molecular formula is C19H19Cl2N3O4S. The SMILES string of the molecule is O=C(NCCNS(=O)(=O)c1ccc(Cl)c(Cl)c1)c1ccc(NC(=O)C2CC2)cc1. The predicted octanol–water partition coefficient (Wildman–Crippen LogP) is 3.05. The van der Waals surface area contributed by atoms with Crippen molar-refractivity contribution < 1.29 is 18.0 Å². The van der Waals surface area contributed by atoms with Gasteiger partial charge in [-0.3, -0.25) is 9.59 Å². The standard InChI is InChI=1S/C19H19Cl2N3O4S/c20-16-8-7-15(11-17(16)21)29(27,28)23-10-9-22-18(25)12-3-5-14(6-4-12)24-19(26)13-1-2-13/h3-8,11,13,23H,1-2,9-10H2,(H,22,25)(H,24,26). The Morgan fingerprint density at radius 1 is 0.966 bits per heavy atom. The highest BCUT2D eigenvalue weighted by atomic mass is 35.5. The quantitative estimate of drug-likeness (QED) is 0.531. The third-order valence-electron chi connectivity index (χ3n) is 4.27. The number of hydrogen-bond acceptors (Lipinski definition) is 4. The molecule has 10 heteroatoms. The predicted molar refractivity (Wildman–Crippen MR) is 112 cm³/mol. The third-order valence-corrected chi connectivity index (χ3v) is 6.46. The van der Waals surface area contributed by atoms with Crippen LogP contribution in [0.5, 0.6) is 0 Å². The zero-order valence-electron chi connectivity index (χ0n) is 15.2. The van der Waals surface area contributed by atoms with Crippen LogP contribution in [-0.4, -0.2) is 33.3 Å². The minimum atomic E-state index is -3.77. The molecule has 0 aromatic heterocycles. The molecule has 154 valence electrons.